The Labute approximate surface area is 158 Å². The van der Waals surface area contributed by atoms with Gasteiger partial charge in [-0.3, -0.25) is 4.79 Å². The number of amides is 1. The van der Waals surface area contributed by atoms with E-state index in [1.165, 1.54) is 25.6 Å². The molecule has 0 bridgehead atoms. The van der Waals surface area contributed by atoms with Gasteiger partial charge in [-0.25, -0.2) is 18.7 Å². The lowest BCUT2D eigenvalue weighted by atomic mass is 10.2. The summed E-state index contributed by atoms with van der Waals surface area (Å²) in [5.41, 5.74) is 0.808. The smallest absolute Gasteiger partial charge is 0.274 e. The maximum atomic E-state index is 13.3. The highest BCUT2D eigenvalue weighted by molar-refractivity contribution is 6.32. The van der Waals surface area contributed by atoms with Crippen molar-refractivity contribution in [3.63, 3.8) is 0 Å². The number of carbonyl (C=O) groups excluding carboxylic acids is 1. The first-order valence-electron chi connectivity index (χ1n) is 7.65. The zero-order valence-corrected chi connectivity index (χ0v) is 14.7. The molecule has 6 nitrogen and oxygen atoms in total. The monoisotopic (exact) mass is 390 g/mol. The van der Waals surface area contributed by atoms with Gasteiger partial charge < -0.3 is 15.4 Å². The maximum Gasteiger partial charge on any atom is 0.274 e. The van der Waals surface area contributed by atoms with Crippen molar-refractivity contribution in [2.75, 3.05) is 17.7 Å². The summed E-state index contributed by atoms with van der Waals surface area (Å²) in [4.78, 5) is 20.2. The minimum Gasteiger partial charge on any atom is -0.495 e. The molecule has 0 spiro atoms. The Morgan fingerprint density at radius 1 is 1.04 bits per heavy atom. The van der Waals surface area contributed by atoms with Crippen molar-refractivity contribution in [3.05, 3.63) is 71.1 Å². The molecule has 3 aromatic rings. The Morgan fingerprint density at radius 3 is 2.52 bits per heavy atom. The van der Waals surface area contributed by atoms with Crippen LogP contribution in [0.5, 0.6) is 5.75 Å². The lowest BCUT2D eigenvalue weighted by Crippen LogP contribution is -2.14. The molecule has 9 heteroatoms. The first-order valence-corrected chi connectivity index (χ1v) is 8.03. The number of nitrogens with zero attached hydrogens (tertiary/aromatic N) is 2. The highest BCUT2D eigenvalue weighted by Crippen LogP contribution is 2.27. The van der Waals surface area contributed by atoms with E-state index in [9.17, 15) is 13.6 Å². The van der Waals surface area contributed by atoms with Crippen LogP contribution in [0.3, 0.4) is 0 Å². The third-order valence-electron chi connectivity index (χ3n) is 3.50. The van der Waals surface area contributed by atoms with E-state index in [4.69, 9.17) is 16.3 Å². The molecule has 0 unspecified atom stereocenters. The van der Waals surface area contributed by atoms with Crippen LogP contribution in [-0.4, -0.2) is 23.0 Å². The summed E-state index contributed by atoms with van der Waals surface area (Å²) in [5.74, 6) is -1.72. The van der Waals surface area contributed by atoms with E-state index in [0.717, 1.165) is 12.1 Å². The van der Waals surface area contributed by atoms with E-state index in [0.29, 0.717) is 16.5 Å². The Kier molecular flexibility index (Phi) is 5.46. The van der Waals surface area contributed by atoms with E-state index in [1.807, 2.05) is 0 Å². The molecule has 1 amide bonds. The molecule has 3 rings (SSSR count). The summed E-state index contributed by atoms with van der Waals surface area (Å²) in [6.07, 6.45) is 1.18. The van der Waals surface area contributed by atoms with Crippen molar-refractivity contribution in [2.24, 2.45) is 0 Å². The molecule has 2 aromatic carbocycles. The Morgan fingerprint density at radius 2 is 1.81 bits per heavy atom. The quantitative estimate of drug-likeness (QED) is 0.674. The number of anilines is 3. The normalized spacial score (nSPS) is 10.4. The summed E-state index contributed by atoms with van der Waals surface area (Å²) >= 11 is 6.03. The van der Waals surface area contributed by atoms with Crippen LogP contribution in [0.1, 0.15) is 10.5 Å². The van der Waals surface area contributed by atoms with Crippen molar-refractivity contribution in [3.8, 4) is 5.75 Å². The van der Waals surface area contributed by atoms with Crippen LogP contribution in [0.15, 0.2) is 48.8 Å². The molecule has 1 aromatic heterocycles. The number of methoxy groups -OCH3 is 1. The molecule has 2 N–H and O–H groups in total. The van der Waals surface area contributed by atoms with Crippen molar-refractivity contribution in [1.82, 2.24) is 9.97 Å². The summed E-state index contributed by atoms with van der Waals surface area (Å²) in [5, 5.41) is 5.78. The van der Waals surface area contributed by atoms with Gasteiger partial charge in [0.1, 0.15) is 23.6 Å². The molecule has 27 heavy (non-hydrogen) atoms. The van der Waals surface area contributed by atoms with Gasteiger partial charge in [0.15, 0.2) is 11.6 Å². The van der Waals surface area contributed by atoms with Crippen LogP contribution in [0.25, 0.3) is 0 Å². The van der Waals surface area contributed by atoms with Gasteiger partial charge in [-0.1, -0.05) is 11.6 Å². The molecule has 0 saturated carbocycles. The fourth-order valence-electron chi connectivity index (χ4n) is 2.21. The van der Waals surface area contributed by atoms with Crippen LogP contribution in [0, 0.1) is 11.6 Å². The van der Waals surface area contributed by atoms with Gasteiger partial charge in [0.2, 0.25) is 0 Å². The number of carbonyl (C=O) groups is 1. The van der Waals surface area contributed by atoms with E-state index in [2.05, 4.69) is 20.6 Å². The highest BCUT2D eigenvalue weighted by atomic mass is 35.5. The molecule has 1 heterocycles. The van der Waals surface area contributed by atoms with Gasteiger partial charge in [-0.2, -0.15) is 0 Å². The molecule has 0 radical (unpaired) electrons. The van der Waals surface area contributed by atoms with E-state index in [1.54, 1.807) is 18.2 Å². The number of hydrogen-bond acceptors (Lipinski definition) is 5. The molecule has 0 saturated heterocycles. The van der Waals surface area contributed by atoms with Crippen LogP contribution in [-0.2, 0) is 0 Å². The zero-order chi connectivity index (χ0) is 19.4. The largest absolute Gasteiger partial charge is 0.495 e. The molecule has 0 aliphatic rings. The number of benzene rings is 2. The topological polar surface area (TPSA) is 76.1 Å². The van der Waals surface area contributed by atoms with Crippen LogP contribution >= 0.6 is 11.6 Å². The van der Waals surface area contributed by atoms with E-state index < -0.39 is 17.5 Å². The third-order valence-corrected chi connectivity index (χ3v) is 3.80. The molecule has 0 aliphatic heterocycles. The van der Waals surface area contributed by atoms with Crippen LogP contribution in [0.2, 0.25) is 5.02 Å². The highest BCUT2D eigenvalue weighted by Gasteiger charge is 2.11. The minimum atomic E-state index is -0.997. The predicted octanol–water partition coefficient (Wildman–Crippen LogP) is 4.41. The summed E-state index contributed by atoms with van der Waals surface area (Å²) < 4.78 is 31.3. The van der Waals surface area contributed by atoms with Crippen molar-refractivity contribution in [1.29, 1.82) is 0 Å². The minimum absolute atomic E-state index is 0.0713. The number of hydrogen-bond donors (Lipinski definition) is 2. The number of nitrogens with one attached hydrogen (secondary N) is 2. The average Bonchev–Trinajstić information content (AvgIpc) is 2.65. The Hall–Kier alpha value is -3.26. The van der Waals surface area contributed by atoms with Crippen molar-refractivity contribution >= 4 is 34.7 Å². The van der Waals surface area contributed by atoms with Gasteiger partial charge in [-0.05, 0) is 30.3 Å². The fourth-order valence-corrected chi connectivity index (χ4v) is 2.47. The summed E-state index contributed by atoms with van der Waals surface area (Å²) in [6, 6.07) is 9.48. The standard InChI is InChI=1S/C18H13ClF2N4O2/c1-27-16-5-3-10(6-12(16)19)25-18(26)15-8-17(23-9-22-15)24-11-2-4-13(20)14(21)7-11/h2-9H,1H3,(H,25,26)(H,22,23,24). The summed E-state index contributed by atoms with van der Waals surface area (Å²) in [7, 11) is 1.49. The van der Waals surface area contributed by atoms with Gasteiger partial charge in [0.25, 0.3) is 5.91 Å². The molecule has 0 aliphatic carbocycles. The lowest BCUT2D eigenvalue weighted by Gasteiger charge is -2.09. The first-order chi connectivity index (χ1) is 13.0. The Bertz CT molecular complexity index is 1000. The van der Waals surface area contributed by atoms with Gasteiger partial charge in [0, 0.05) is 23.5 Å². The van der Waals surface area contributed by atoms with E-state index >= 15 is 0 Å². The number of rotatable bonds is 5. The van der Waals surface area contributed by atoms with Gasteiger partial charge in [0.05, 0.1) is 12.1 Å². The second kappa shape index (κ2) is 7.96. The van der Waals surface area contributed by atoms with Gasteiger partial charge >= 0.3 is 0 Å². The predicted molar refractivity (Wildman–Crippen MR) is 97.6 cm³/mol. The second-order valence-corrected chi connectivity index (χ2v) is 5.75. The number of ether oxygens (including phenoxy) is 1. The fraction of sp³-hybridized carbons (Fsp3) is 0.0556. The maximum absolute atomic E-state index is 13.3. The van der Waals surface area contributed by atoms with Crippen molar-refractivity contribution < 1.29 is 18.3 Å². The lowest BCUT2D eigenvalue weighted by molar-refractivity contribution is 0.102. The first kappa shape index (κ1) is 18.5. The SMILES string of the molecule is COc1ccc(NC(=O)c2cc(Nc3ccc(F)c(F)c3)ncn2)cc1Cl. The molecule has 0 atom stereocenters. The summed E-state index contributed by atoms with van der Waals surface area (Å²) in [6.45, 7) is 0. The van der Waals surface area contributed by atoms with Crippen LogP contribution in [0.4, 0.5) is 26.0 Å². The van der Waals surface area contributed by atoms with E-state index in [-0.39, 0.29) is 17.2 Å². The second-order valence-electron chi connectivity index (χ2n) is 5.35. The Balaban J connectivity index is 1.75. The third kappa shape index (κ3) is 4.48. The van der Waals surface area contributed by atoms with Gasteiger partial charge in [-0.15, -0.1) is 0 Å². The van der Waals surface area contributed by atoms with Crippen LogP contribution < -0.4 is 15.4 Å². The number of halogens is 3. The molecular weight excluding hydrogens is 378 g/mol. The number of aromatic nitrogens is 2. The zero-order valence-electron chi connectivity index (χ0n) is 14.0. The molecule has 0 fully saturated rings. The average molecular weight is 391 g/mol. The molecule has 138 valence electrons. The molecular formula is C18H13ClF2N4O2. The van der Waals surface area contributed by atoms with Crippen molar-refractivity contribution in [2.45, 2.75) is 0 Å².